The Morgan fingerprint density at radius 3 is 2.51 bits per heavy atom. The van der Waals surface area contributed by atoms with E-state index in [0.29, 0.717) is 24.9 Å². The molecule has 35 heavy (non-hydrogen) atoms. The maximum Gasteiger partial charge on any atom is 0.316 e. The van der Waals surface area contributed by atoms with E-state index in [4.69, 9.17) is 5.73 Å². The van der Waals surface area contributed by atoms with Gasteiger partial charge in [-0.2, -0.15) is 0 Å². The fourth-order valence-electron chi connectivity index (χ4n) is 3.78. The number of aromatic hydroxyl groups is 1. The number of aliphatic hydroxyl groups excluding tert-OH is 1. The lowest BCUT2D eigenvalue weighted by Crippen LogP contribution is -2.43. The molecule has 2 aromatic rings. The van der Waals surface area contributed by atoms with E-state index in [-0.39, 0.29) is 29.4 Å². The average molecular weight is 486 g/mol. The number of nitrogens with two attached hydrogens (primary N) is 1. The van der Waals surface area contributed by atoms with Crippen molar-refractivity contribution < 1.29 is 19.8 Å². The van der Waals surface area contributed by atoms with E-state index in [2.05, 4.69) is 20.9 Å². The molecule has 0 aliphatic rings. The fraction of sp³-hybridized carbons (Fsp3) is 0.462. The third-order valence-electron chi connectivity index (χ3n) is 5.54. The van der Waals surface area contributed by atoms with Crippen molar-refractivity contribution in [1.29, 1.82) is 0 Å². The van der Waals surface area contributed by atoms with Crippen LogP contribution in [0.5, 0.6) is 5.75 Å². The highest BCUT2D eigenvalue weighted by Crippen LogP contribution is 2.27. The number of primary amides is 1. The van der Waals surface area contributed by atoms with Gasteiger partial charge in [0.15, 0.2) is 0 Å². The van der Waals surface area contributed by atoms with E-state index in [9.17, 15) is 19.8 Å². The van der Waals surface area contributed by atoms with Crippen LogP contribution in [0.2, 0.25) is 0 Å². The highest BCUT2D eigenvalue weighted by molar-refractivity contribution is 5.89. The van der Waals surface area contributed by atoms with Crippen LogP contribution in [-0.2, 0) is 17.6 Å². The number of hydrogen-bond acceptors (Lipinski definition) is 6. The molecule has 0 aliphatic heterocycles. The molecule has 2 aromatic carbocycles. The van der Waals surface area contributed by atoms with Crippen LogP contribution in [0.1, 0.15) is 43.1 Å². The first kappa shape index (κ1) is 28.1. The standard InChI is InChI=1S/C26H39N5O4/c1-26(2,29-17-23(33)20-9-10-22(32)21(15-20)30-25(27)35)16-19-8-5-7-18(13-19)14-24(34)28-11-6-12-31(3)4/h5,7-10,13,15,23,29,32-33H,6,11-12,14,16-17H2,1-4H3,(H,28,34)(H3,27,30,35)/t23-/m0/s1. The second-order valence-corrected chi connectivity index (χ2v) is 9.73. The molecule has 1 atom stereocenters. The molecule has 0 saturated carbocycles. The zero-order valence-electron chi connectivity index (χ0n) is 21.1. The van der Waals surface area contributed by atoms with Gasteiger partial charge in [0.1, 0.15) is 5.75 Å². The van der Waals surface area contributed by atoms with Crippen LogP contribution in [0.4, 0.5) is 10.5 Å². The molecule has 0 aliphatic carbocycles. The Morgan fingerprint density at radius 2 is 1.83 bits per heavy atom. The number of benzene rings is 2. The lowest BCUT2D eigenvalue weighted by Gasteiger charge is -2.28. The van der Waals surface area contributed by atoms with Crippen molar-refractivity contribution in [3.63, 3.8) is 0 Å². The Balaban J connectivity index is 1.90. The monoisotopic (exact) mass is 485 g/mol. The summed E-state index contributed by atoms with van der Waals surface area (Å²) in [4.78, 5) is 25.4. The third kappa shape index (κ3) is 10.3. The Kier molecular flexibility index (Phi) is 10.5. The lowest BCUT2D eigenvalue weighted by atomic mass is 9.93. The largest absolute Gasteiger partial charge is 0.506 e. The third-order valence-corrected chi connectivity index (χ3v) is 5.54. The number of urea groups is 1. The van der Waals surface area contributed by atoms with Crippen molar-refractivity contribution in [3.8, 4) is 5.75 Å². The number of β-amino-alcohol motifs (C(OH)–C–C–N with tert-alkyl or cyclic N) is 1. The van der Waals surface area contributed by atoms with Crippen LogP contribution < -0.4 is 21.7 Å². The number of hydrogen-bond donors (Lipinski definition) is 6. The molecule has 7 N–H and O–H groups in total. The molecule has 9 heteroatoms. The number of carbonyl (C=O) groups excluding carboxylic acids is 2. The van der Waals surface area contributed by atoms with Crippen molar-refractivity contribution in [2.75, 3.05) is 39.0 Å². The molecule has 9 nitrogen and oxygen atoms in total. The normalized spacial score (nSPS) is 12.4. The van der Waals surface area contributed by atoms with Gasteiger partial charge >= 0.3 is 6.03 Å². The Hall–Kier alpha value is -3.14. The minimum Gasteiger partial charge on any atom is -0.506 e. The smallest absolute Gasteiger partial charge is 0.316 e. The minimum atomic E-state index is -0.856. The Labute approximate surface area is 207 Å². The highest BCUT2D eigenvalue weighted by atomic mass is 16.3. The van der Waals surface area contributed by atoms with E-state index >= 15 is 0 Å². The van der Waals surface area contributed by atoms with Gasteiger partial charge in [-0.25, -0.2) is 4.79 Å². The summed E-state index contributed by atoms with van der Waals surface area (Å²) in [5.41, 5.74) is 7.52. The molecular weight excluding hydrogens is 446 g/mol. The number of nitrogens with one attached hydrogen (secondary N) is 3. The van der Waals surface area contributed by atoms with Gasteiger partial charge in [0.2, 0.25) is 5.91 Å². The van der Waals surface area contributed by atoms with Crippen LogP contribution in [0, 0.1) is 0 Å². The van der Waals surface area contributed by atoms with E-state index in [1.807, 2.05) is 52.2 Å². The van der Waals surface area contributed by atoms with Crippen molar-refractivity contribution in [2.24, 2.45) is 5.73 Å². The molecule has 0 heterocycles. The molecule has 0 bridgehead atoms. The van der Waals surface area contributed by atoms with Gasteiger partial charge in [-0.1, -0.05) is 30.3 Å². The first-order valence-electron chi connectivity index (χ1n) is 11.8. The predicted octanol–water partition coefficient (Wildman–Crippen LogP) is 2.14. The number of carbonyl (C=O) groups is 2. The molecular formula is C26H39N5O4. The van der Waals surface area contributed by atoms with Gasteiger partial charge in [0.25, 0.3) is 0 Å². The van der Waals surface area contributed by atoms with Crippen LogP contribution in [0.15, 0.2) is 42.5 Å². The molecule has 3 amide bonds. The number of amides is 3. The van der Waals surface area contributed by atoms with Crippen LogP contribution in [-0.4, -0.2) is 66.3 Å². The number of phenolic OH excluding ortho intramolecular Hbond substituents is 1. The number of aliphatic hydroxyl groups is 1. The second-order valence-electron chi connectivity index (χ2n) is 9.73. The van der Waals surface area contributed by atoms with Gasteiger partial charge in [0, 0.05) is 18.6 Å². The van der Waals surface area contributed by atoms with E-state index in [1.165, 1.54) is 12.1 Å². The average Bonchev–Trinajstić information content (AvgIpc) is 2.76. The quantitative estimate of drug-likeness (QED) is 0.190. The zero-order chi connectivity index (χ0) is 26.0. The van der Waals surface area contributed by atoms with Crippen molar-refractivity contribution in [3.05, 3.63) is 59.2 Å². The summed E-state index contributed by atoms with van der Waals surface area (Å²) in [6.45, 7) is 5.95. The molecule has 0 unspecified atom stereocenters. The number of nitrogens with zero attached hydrogens (tertiary/aromatic N) is 1. The Bertz CT molecular complexity index is 993. The number of rotatable bonds is 13. The number of phenols is 1. The summed E-state index contributed by atoms with van der Waals surface area (Å²) in [7, 11) is 4.02. The predicted molar refractivity (Wildman–Crippen MR) is 138 cm³/mol. The van der Waals surface area contributed by atoms with Gasteiger partial charge in [0.05, 0.1) is 18.2 Å². The van der Waals surface area contributed by atoms with Crippen molar-refractivity contribution >= 4 is 17.6 Å². The van der Waals surface area contributed by atoms with Crippen LogP contribution >= 0.6 is 0 Å². The van der Waals surface area contributed by atoms with Gasteiger partial charge in [-0.3, -0.25) is 4.79 Å². The molecule has 0 fully saturated rings. The maximum absolute atomic E-state index is 12.3. The van der Waals surface area contributed by atoms with E-state index in [1.54, 1.807) is 6.07 Å². The zero-order valence-corrected chi connectivity index (χ0v) is 21.1. The van der Waals surface area contributed by atoms with Gasteiger partial charge < -0.3 is 36.8 Å². The summed E-state index contributed by atoms with van der Waals surface area (Å²) in [6, 6.07) is 11.7. The van der Waals surface area contributed by atoms with Gasteiger partial charge in [-0.15, -0.1) is 0 Å². The topological polar surface area (TPSA) is 140 Å². The molecule has 0 spiro atoms. The summed E-state index contributed by atoms with van der Waals surface area (Å²) >= 11 is 0. The van der Waals surface area contributed by atoms with Crippen LogP contribution in [0.3, 0.4) is 0 Å². The summed E-state index contributed by atoms with van der Waals surface area (Å²) < 4.78 is 0. The van der Waals surface area contributed by atoms with Crippen molar-refractivity contribution in [2.45, 2.75) is 44.8 Å². The molecule has 0 saturated heterocycles. The van der Waals surface area contributed by atoms with Crippen LogP contribution in [0.25, 0.3) is 0 Å². The minimum absolute atomic E-state index is 0.0144. The fourth-order valence-corrected chi connectivity index (χ4v) is 3.78. The SMILES string of the molecule is CN(C)CCCNC(=O)Cc1cccc(CC(C)(C)NC[C@H](O)c2ccc(O)c(NC(N)=O)c2)c1. The van der Waals surface area contributed by atoms with Gasteiger partial charge in [-0.05, 0) is 76.2 Å². The lowest BCUT2D eigenvalue weighted by molar-refractivity contribution is -0.120. The van der Waals surface area contributed by atoms with E-state index in [0.717, 1.165) is 24.1 Å². The van der Waals surface area contributed by atoms with Crippen molar-refractivity contribution in [1.82, 2.24) is 15.5 Å². The second kappa shape index (κ2) is 13.1. The summed E-state index contributed by atoms with van der Waals surface area (Å²) in [6.07, 6.45) is 1.09. The highest BCUT2D eigenvalue weighted by Gasteiger charge is 2.21. The summed E-state index contributed by atoms with van der Waals surface area (Å²) in [5.74, 6) is -0.115. The molecule has 192 valence electrons. The molecule has 0 aromatic heterocycles. The van der Waals surface area contributed by atoms with E-state index < -0.39 is 12.1 Å². The summed E-state index contributed by atoms with van der Waals surface area (Å²) in [5, 5.41) is 29.2. The molecule has 2 rings (SSSR count). The molecule has 0 radical (unpaired) electrons. The first-order chi connectivity index (χ1) is 16.4. The first-order valence-corrected chi connectivity index (χ1v) is 11.8. The Morgan fingerprint density at radius 1 is 1.11 bits per heavy atom. The number of anilines is 1. The maximum atomic E-state index is 12.3.